The van der Waals surface area contributed by atoms with Gasteiger partial charge in [-0.25, -0.2) is 4.79 Å². The molecule has 1 amide bonds. The van der Waals surface area contributed by atoms with Crippen LogP contribution in [-0.2, 0) is 23.9 Å². The van der Waals surface area contributed by atoms with E-state index in [-0.39, 0.29) is 12.8 Å². The topological polar surface area (TPSA) is 105 Å². The summed E-state index contributed by atoms with van der Waals surface area (Å²) in [6, 6.07) is 1.26. The highest BCUT2D eigenvalue weighted by atomic mass is 16.5. The van der Waals surface area contributed by atoms with Gasteiger partial charge in [0.2, 0.25) is 5.91 Å². The number of carbonyl (C=O) groups is 3. The number of methoxy groups -OCH3 is 2. The molecule has 0 saturated carbocycles. The molecule has 0 aromatic rings. The van der Waals surface area contributed by atoms with Crippen LogP contribution in [0.4, 0.5) is 0 Å². The van der Waals surface area contributed by atoms with Crippen molar-refractivity contribution in [1.29, 1.82) is 5.26 Å². The lowest BCUT2D eigenvalue weighted by molar-refractivity contribution is -0.145. The van der Waals surface area contributed by atoms with Crippen molar-refractivity contribution in [2.45, 2.75) is 44.6 Å². The van der Waals surface area contributed by atoms with Crippen LogP contribution in [0.25, 0.3) is 0 Å². The van der Waals surface area contributed by atoms with E-state index in [1.165, 1.54) is 14.2 Å². The standard InChI is InChI=1S/C13H20N2O5/c1-19-12(17)8-7-11(16)15-10(13(18)20-2)6-4-3-5-9-14/h10H,3-8H2,1-2H3,(H,15,16)/t10-/m0/s1. The van der Waals surface area contributed by atoms with Crippen molar-refractivity contribution in [3.63, 3.8) is 0 Å². The predicted molar refractivity (Wildman–Crippen MR) is 69.3 cm³/mol. The highest BCUT2D eigenvalue weighted by molar-refractivity contribution is 5.86. The first-order chi connectivity index (χ1) is 9.54. The van der Waals surface area contributed by atoms with Crippen LogP contribution in [0.3, 0.4) is 0 Å². The summed E-state index contributed by atoms with van der Waals surface area (Å²) in [5.41, 5.74) is 0. The Labute approximate surface area is 118 Å². The van der Waals surface area contributed by atoms with Crippen molar-refractivity contribution in [3.8, 4) is 6.07 Å². The van der Waals surface area contributed by atoms with Gasteiger partial charge in [-0.1, -0.05) is 0 Å². The maximum Gasteiger partial charge on any atom is 0.328 e. The van der Waals surface area contributed by atoms with Gasteiger partial charge < -0.3 is 14.8 Å². The van der Waals surface area contributed by atoms with E-state index in [0.717, 1.165) is 0 Å². The average Bonchev–Trinajstić information content (AvgIpc) is 2.46. The third-order valence-electron chi connectivity index (χ3n) is 2.64. The first-order valence-electron chi connectivity index (χ1n) is 6.36. The minimum Gasteiger partial charge on any atom is -0.469 e. The molecule has 0 unspecified atom stereocenters. The molecule has 0 saturated heterocycles. The highest BCUT2D eigenvalue weighted by Gasteiger charge is 2.21. The third kappa shape index (κ3) is 8.08. The molecule has 0 aromatic carbocycles. The summed E-state index contributed by atoms with van der Waals surface area (Å²) in [5.74, 6) is -1.43. The zero-order valence-corrected chi connectivity index (χ0v) is 11.8. The Morgan fingerprint density at radius 2 is 1.85 bits per heavy atom. The molecule has 20 heavy (non-hydrogen) atoms. The van der Waals surface area contributed by atoms with Gasteiger partial charge in [0.05, 0.1) is 26.7 Å². The quantitative estimate of drug-likeness (QED) is 0.493. The van der Waals surface area contributed by atoms with Crippen molar-refractivity contribution >= 4 is 17.8 Å². The summed E-state index contributed by atoms with van der Waals surface area (Å²) in [7, 11) is 2.48. The molecule has 0 radical (unpaired) electrons. The lowest BCUT2D eigenvalue weighted by Gasteiger charge is -2.16. The minimum atomic E-state index is -0.746. The number of amides is 1. The summed E-state index contributed by atoms with van der Waals surface area (Å²) < 4.78 is 9.03. The molecule has 0 bridgehead atoms. The maximum absolute atomic E-state index is 11.6. The second-order valence-electron chi connectivity index (χ2n) is 4.12. The van der Waals surface area contributed by atoms with Crippen LogP contribution in [-0.4, -0.2) is 38.1 Å². The Morgan fingerprint density at radius 1 is 1.15 bits per heavy atom. The molecule has 7 nitrogen and oxygen atoms in total. The predicted octanol–water partition coefficient (Wildman–Crippen LogP) is 0.681. The van der Waals surface area contributed by atoms with Gasteiger partial charge in [0.15, 0.2) is 0 Å². The maximum atomic E-state index is 11.6. The molecule has 0 aliphatic rings. The molecule has 0 rings (SSSR count). The molecule has 0 aliphatic heterocycles. The van der Waals surface area contributed by atoms with E-state index in [2.05, 4.69) is 14.8 Å². The van der Waals surface area contributed by atoms with Gasteiger partial charge in [-0.15, -0.1) is 0 Å². The molecule has 1 N–H and O–H groups in total. The second-order valence-corrected chi connectivity index (χ2v) is 4.12. The fourth-order valence-corrected chi connectivity index (χ4v) is 1.53. The number of esters is 2. The van der Waals surface area contributed by atoms with Crippen molar-refractivity contribution in [3.05, 3.63) is 0 Å². The number of carbonyl (C=O) groups excluding carboxylic acids is 3. The number of rotatable bonds is 9. The van der Waals surface area contributed by atoms with E-state index in [1.54, 1.807) is 0 Å². The molecule has 112 valence electrons. The first kappa shape index (κ1) is 17.9. The first-order valence-corrected chi connectivity index (χ1v) is 6.36. The average molecular weight is 284 g/mol. The zero-order valence-electron chi connectivity index (χ0n) is 11.8. The van der Waals surface area contributed by atoms with Crippen LogP contribution < -0.4 is 5.32 Å². The van der Waals surface area contributed by atoms with E-state index >= 15 is 0 Å². The van der Waals surface area contributed by atoms with Gasteiger partial charge in [-0.3, -0.25) is 9.59 Å². The van der Waals surface area contributed by atoms with Crippen LogP contribution in [0.2, 0.25) is 0 Å². The van der Waals surface area contributed by atoms with Crippen LogP contribution in [0.5, 0.6) is 0 Å². The third-order valence-corrected chi connectivity index (χ3v) is 2.64. The number of nitriles is 1. The molecule has 0 fully saturated rings. The van der Waals surface area contributed by atoms with E-state index in [1.807, 2.05) is 6.07 Å². The summed E-state index contributed by atoms with van der Waals surface area (Å²) >= 11 is 0. The summed E-state index contributed by atoms with van der Waals surface area (Å²) in [6.45, 7) is 0. The van der Waals surface area contributed by atoms with Gasteiger partial charge in [0, 0.05) is 12.8 Å². The smallest absolute Gasteiger partial charge is 0.328 e. The number of nitrogens with zero attached hydrogens (tertiary/aromatic N) is 1. The Balaban J connectivity index is 4.21. The van der Waals surface area contributed by atoms with Gasteiger partial charge in [-0.2, -0.15) is 5.26 Å². The summed E-state index contributed by atoms with van der Waals surface area (Å²) in [5, 5.41) is 10.9. The molecular formula is C13H20N2O5. The fraction of sp³-hybridized carbons (Fsp3) is 0.692. The molecule has 0 aromatic heterocycles. The normalized spacial score (nSPS) is 11.1. The van der Waals surface area contributed by atoms with Crippen molar-refractivity contribution in [2.75, 3.05) is 14.2 Å². The lowest BCUT2D eigenvalue weighted by Crippen LogP contribution is -2.41. The van der Waals surface area contributed by atoms with Crippen LogP contribution in [0.15, 0.2) is 0 Å². The van der Waals surface area contributed by atoms with Gasteiger partial charge >= 0.3 is 11.9 Å². The Hall–Kier alpha value is -2.10. The Kier molecular flexibility index (Phi) is 9.66. The Bertz CT molecular complexity index is 375. The van der Waals surface area contributed by atoms with E-state index in [9.17, 15) is 14.4 Å². The number of unbranched alkanes of at least 4 members (excludes halogenated alkanes) is 2. The zero-order chi connectivity index (χ0) is 15.4. The minimum absolute atomic E-state index is 0.0370. The number of hydrogen-bond donors (Lipinski definition) is 1. The molecule has 1 atom stereocenters. The van der Waals surface area contributed by atoms with Crippen molar-refractivity contribution in [2.24, 2.45) is 0 Å². The molecule has 7 heteroatoms. The second kappa shape index (κ2) is 10.8. The molecule has 0 heterocycles. The largest absolute Gasteiger partial charge is 0.469 e. The van der Waals surface area contributed by atoms with E-state index in [4.69, 9.17) is 5.26 Å². The van der Waals surface area contributed by atoms with Crippen molar-refractivity contribution in [1.82, 2.24) is 5.32 Å². The van der Waals surface area contributed by atoms with Gasteiger partial charge in [-0.05, 0) is 19.3 Å². The van der Waals surface area contributed by atoms with Gasteiger partial charge in [0.1, 0.15) is 6.04 Å². The van der Waals surface area contributed by atoms with E-state index in [0.29, 0.717) is 25.7 Å². The monoisotopic (exact) mass is 284 g/mol. The van der Waals surface area contributed by atoms with Crippen LogP contribution in [0, 0.1) is 11.3 Å². The fourth-order valence-electron chi connectivity index (χ4n) is 1.53. The molecular weight excluding hydrogens is 264 g/mol. The van der Waals surface area contributed by atoms with Crippen molar-refractivity contribution < 1.29 is 23.9 Å². The Morgan fingerprint density at radius 3 is 2.40 bits per heavy atom. The van der Waals surface area contributed by atoms with E-state index < -0.39 is 23.9 Å². The van der Waals surface area contributed by atoms with Crippen LogP contribution in [0.1, 0.15) is 38.5 Å². The number of nitrogens with one attached hydrogen (secondary N) is 1. The highest BCUT2D eigenvalue weighted by Crippen LogP contribution is 2.06. The number of hydrogen-bond acceptors (Lipinski definition) is 6. The summed E-state index contributed by atoms with van der Waals surface area (Å²) in [4.78, 5) is 34.0. The molecule has 0 aliphatic carbocycles. The molecule has 0 spiro atoms. The summed E-state index contributed by atoms with van der Waals surface area (Å²) in [6.07, 6.45) is 2.01. The van der Waals surface area contributed by atoms with Crippen LogP contribution >= 0.6 is 0 Å². The SMILES string of the molecule is COC(=O)CCC(=O)N[C@@H](CCCCC#N)C(=O)OC. The van der Waals surface area contributed by atoms with Gasteiger partial charge in [0.25, 0.3) is 0 Å². The number of ether oxygens (including phenoxy) is 2. The lowest BCUT2D eigenvalue weighted by atomic mass is 10.1.